The van der Waals surface area contributed by atoms with E-state index < -0.39 is 0 Å². The Labute approximate surface area is 160 Å². The van der Waals surface area contributed by atoms with E-state index in [4.69, 9.17) is 0 Å². The van der Waals surface area contributed by atoms with Crippen molar-refractivity contribution in [2.45, 2.75) is 45.6 Å². The lowest BCUT2D eigenvalue weighted by molar-refractivity contribution is -0.383. The first-order valence-electron chi connectivity index (χ1n) is 9.63. The van der Waals surface area contributed by atoms with Gasteiger partial charge in [0.05, 0.1) is 4.92 Å². The molecule has 7 nitrogen and oxygen atoms in total. The first-order valence-corrected chi connectivity index (χ1v) is 9.63. The quantitative estimate of drug-likeness (QED) is 0.585. The molecule has 27 heavy (non-hydrogen) atoms. The number of nitro groups is 1. The van der Waals surface area contributed by atoms with E-state index in [2.05, 4.69) is 39.6 Å². The zero-order valence-electron chi connectivity index (χ0n) is 16.0. The molecule has 0 aliphatic carbocycles. The maximum absolute atomic E-state index is 11.7. The van der Waals surface area contributed by atoms with Gasteiger partial charge in [0, 0.05) is 19.1 Å². The summed E-state index contributed by atoms with van der Waals surface area (Å²) in [5.41, 5.74) is 1.34. The van der Waals surface area contributed by atoms with Crippen LogP contribution in [0, 0.1) is 16.0 Å². The van der Waals surface area contributed by atoms with Gasteiger partial charge in [0.25, 0.3) is 0 Å². The van der Waals surface area contributed by atoms with Crippen molar-refractivity contribution in [2.24, 2.45) is 5.92 Å². The molecule has 1 saturated heterocycles. The fourth-order valence-corrected chi connectivity index (χ4v) is 3.51. The van der Waals surface area contributed by atoms with Gasteiger partial charge in [-0.2, -0.15) is 0 Å². The van der Waals surface area contributed by atoms with Gasteiger partial charge in [-0.25, -0.2) is 9.97 Å². The van der Waals surface area contributed by atoms with Crippen LogP contribution in [-0.2, 0) is 6.42 Å². The van der Waals surface area contributed by atoms with Crippen molar-refractivity contribution in [1.82, 2.24) is 9.97 Å². The molecule has 2 aromatic rings. The maximum Gasteiger partial charge on any atom is 0.353 e. The summed E-state index contributed by atoms with van der Waals surface area (Å²) in [6.45, 7) is 5.57. The number of anilines is 2. The molecular weight excluding hydrogens is 342 g/mol. The van der Waals surface area contributed by atoms with Crippen LogP contribution in [0.25, 0.3) is 0 Å². The molecule has 144 valence electrons. The Morgan fingerprint density at radius 3 is 2.59 bits per heavy atom. The Morgan fingerprint density at radius 1 is 1.26 bits per heavy atom. The maximum atomic E-state index is 11.7. The summed E-state index contributed by atoms with van der Waals surface area (Å²) in [4.78, 5) is 21.8. The number of nitrogens with one attached hydrogen (secondary N) is 1. The van der Waals surface area contributed by atoms with Gasteiger partial charge in [-0.05, 0) is 44.1 Å². The summed E-state index contributed by atoms with van der Waals surface area (Å²) >= 11 is 0. The molecule has 0 saturated carbocycles. The molecule has 0 bridgehead atoms. The van der Waals surface area contributed by atoms with Crippen LogP contribution < -0.4 is 10.2 Å². The number of hydrogen-bond donors (Lipinski definition) is 1. The molecule has 7 heteroatoms. The zero-order valence-corrected chi connectivity index (χ0v) is 16.0. The molecular formula is C20H27N5O2. The molecule has 0 spiro atoms. The highest BCUT2D eigenvalue weighted by molar-refractivity contribution is 5.70. The SMILES string of the molecule is CCC(C)Nc1ncnc(N2CCC(Cc3ccccc3)CC2)c1[N+](=O)[O-]. The van der Waals surface area contributed by atoms with Crippen LogP contribution in [0.3, 0.4) is 0 Å². The van der Waals surface area contributed by atoms with Crippen LogP contribution in [0.4, 0.5) is 17.3 Å². The fourth-order valence-electron chi connectivity index (χ4n) is 3.51. The average molecular weight is 369 g/mol. The molecule has 1 N–H and O–H groups in total. The van der Waals surface area contributed by atoms with Crippen molar-refractivity contribution < 1.29 is 4.92 Å². The van der Waals surface area contributed by atoms with E-state index in [-0.39, 0.29) is 16.7 Å². The molecule has 0 radical (unpaired) electrons. The Balaban J connectivity index is 1.71. The van der Waals surface area contributed by atoms with Gasteiger partial charge >= 0.3 is 5.69 Å². The Kier molecular flexibility index (Phi) is 6.21. The van der Waals surface area contributed by atoms with Crippen LogP contribution in [0.15, 0.2) is 36.7 Å². The first-order chi connectivity index (χ1) is 13.1. The predicted octanol–water partition coefficient (Wildman–Crippen LogP) is 4.05. The molecule has 1 aromatic heterocycles. The second-order valence-corrected chi connectivity index (χ2v) is 7.23. The topological polar surface area (TPSA) is 84.2 Å². The van der Waals surface area contributed by atoms with Crippen molar-refractivity contribution in [3.05, 3.63) is 52.3 Å². The predicted molar refractivity (Wildman–Crippen MR) is 107 cm³/mol. The third kappa shape index (κ3) is 4.72. The van der Waals surface area contributed by atoms with Crippen molar-refractivity contribution in [1.29, 1.82) is 0 Å². The molecule has 1 unspecified atom stereocenters. The molecule has 0 amide bonds. The van der Waals surface area contributed by atoms with E-state index in [1.54, 1.807) is 0 Å². The van der Waals surface area contributed by atoms with Gasteiger partial charge in [-0.1, -0.05) is 37.3 Å². The number of rotatable bonds is 7. The highest BCUT2D eigenvalue weighted by atomic mass is 16.6. The number of piperidine rings is 1. The fraction of sp³-hybridized carbons (Fsp3) is 0.500. The van der Waals surface area contributed by atoms with Crippen molar-refractivity contribution >= 4 is 17.3 Å². The Hall–Kier alpha value is -2.70. The molecule has 3 rings (SSSR count). The number of aromatic nitrogens is 2. The summed E-state index contributed by atoms with van der Waals surface area (Å²) in [6, 6.07) is 10.6. The van der Waals surface area contributed by atoms with E-state index in [0.29, 0.717) is 17.6 Å². The Bertz CT molecular complexity index is 760. The van der Waals surface area contributed by atoms with Crippen molar-refractivity contribution in [2.75, 3.05) is 23.3 Å². The lowest BCUT2D eigenvalue weighted by Crippen LogP contribution is -2.35. The first kappa shape index (κ1) is 19.1. The van der Waals surface area contributed by atoms with E-state index in [0.717, 1.165) is 38.8 Å². The number of nitrogens with zero attached hydrogens (tertiary/aromatic N) is 4. The lowest BCUT2D eigenvalue weighted by Gasteiger charge is -2.32. The van der Waals surface area contributed by atoms with Crippen molar-refractivity contribution in [3.8, 4) is 0 Å². The highest BCUT2D eigenvalue weighted by Gasteiger charge is 2.30. The summed E-state index contributed by atoms with van der Waals surface area (Å²) < 4.78 is 0. The van der Waals surface area contributed by atoms with E-state index >= 15 is 0 Å². The molecule has 1 aliphatic rings. The molecule has 2 heterocycles. The summed E-state index contributed by atoms with van der Waals surface area (Å²) in [5.74, 6) is 1.34. The van der Waals surface area contributed by atoms with Gasteiger partial charge < -0.3 is 10.2 Å². The van der Waals surface area contributed by atoms with Gasteiger partial charge in [-0.15, -0.1) is 0 Å². The van der Waals surface area contributed by atoms with Crippen LogP contribution in [0.5, 0.6) is 0 Å². The third-order valence-corrected chi connectivity index (χ3v) is 5.26. The second-order valence-electron chi connectivity index (χ2n) is 7.23. The zero-order chi connectivity index (χ0) is 19.2. The molecule has 1 aromatic carbocycles. The second kappa shape index (κ2) is 8.79. The number of benzene rings is 1. The standard InChI is InChI=1S/C20H27N5O2/c1-3-15(2)23-19-18(25(26)27)20(22-14-21-19)24-11-9-17(10-12-24)13-16-7-5-4-6-8-16/h4-8,14-15,17H,3,9-13H2,1-2H3,(H,21,22,23). The smallest absolute Gasteiger partial charge is 0.353 e. The van der Waals surface area contributed by atoms with Crippen LogP contribution in [0.1, 0.15) is 38.7 Å². The van der Waals surface area contributed by atoms with Crippen LogP contribution in [0.2, 0.25) is 0 Å². The summed E-state index contributed by atoms with van der Waals surface area (Å²) in [6.07, 6.45) is 5.35. The molecule has 1 aliphatic heterocycles. The lowest BCUT2D eigenvalue weighted by atomic mass is 9.90. The van der Waals surface area contributed by atoms with E-state index in [9.17, 15) is 10.1 Å². The molecule has 1 fully saturated rings. The largest absolute Gasteiger partial charge is 0.362 e. The van der Waals surface area contributed by atoms with E-state index in [1.807, 2.05) is 24.8 Å². The van der Waals surface area contributed by atoms with E-state index in [1.165, 1.54) is 11.9 Å². The summed E-state index contributed by atoms with van der Waals surface area (Å²) in [5, 5.41) is 14.9. The van der Waals surface area contributed by atoms with Gasteiger partial charge in [0.1, 0.15) is 6.33 Å². The van der Waals surface area contributed by atoms with Gasteiger partial charge in [0.2, 0.25) is 11.6 Å². The summed E-state index contributed by atoms with van der Waals surface area (Å²) in [7, 11) is 0. The van der Waals surface area contributed by atoms with Crippen LogP contribution >= 0.6 is 0 Å². The minimum absolute atomic E-state index is 0.0145. The average Bonchev–Trinajstić information content (AvgIpc) is 2.69. The van der Waals surface area contributed by atoms with Gasteiger partial charge in [0.15, 0.2) is 0 Å². The van der Waals surface area contributed by atoms with Crippen molar-refractivity contribution in [3.63, 3.8) is 0 Å². The minimum Gasteiger partial charge on any atom is -0.362 e. The number of hydrogen-bond acceptors (Lipinski definition) is 6. The van der Waals surface area contributed by atoms with Gasteiger partial charge in [-0.3, -0.25) is 10.1 Å². The highest BCUT2D eigenvalue weighted by Crippen LogP contribution is 2.34. The van der Waals surface area contributed by atoms with Crippen LogP contribution in [-0.4, -0.2) is 34.0 Å². The normalized spacial score (nSPS) is 16.1. The Morgan fingerprint density at radius 2 is 1.96 bits per heavy atom. The molecule has 1 atom stereocenters. The third-order valence-electron chi connectivity index (χ3n) is 5.26. The minimum atomic E-state index is -0.365. The monoisotopic (exact) mass is 369 g/mol.